The highest BCUT2D eigenvalue weighted by Crippen LogP contribution is 2.30. The van der Waals surface area contributed by atoms with Gasteiger partial charge in [-0.25, -0.2) is 0 Å². The summed E-state index contributed by atoms with van der Waals surface area (Å²) < 4.78 is 0. The minimum absolute atomic E-state index is 0.00212. The fraction of sp³-hybridized carbons (Fsp3) is 0.0909. The Kier molecular flexibility index (Phi) is 4.60. The minimum atomic E-state index is -0.00212. The van der Waals surface area contributed by atoms with Crippen LogP contribution in [0.15, 0.2) is 66.7 Å². The third-order valence-corrected chi connectivity index (χ3v) is 4.78. The number of rotatable bonds is 3. The zero-order chi connectivity index (χ0) is 18.8. The summed E-state index contributed by atoms with van der Waals surface area (Å²) in [4.78, 5) is 11.9. The molecule has 1 aliphatic heterocycles. The molecule has 0 atom stereocenters. The van der Waals surface area contributed by atoms with Gasteiger partial charge in [-0.05, 0) is 71.7 Å². The first-order valence-electron chi connectivity index (χ1n) is 8.75. The average molecular weight is 373 g/mol. The number of anilines is 2. The van der Waals surface area contributed by atoms with Crippen LogP contribution in [0.1, 0.15) is 21.5 Å². The second-order valence-electron chi connectivity index (χ2n) is 6.54. The van der Waals surface area contributed by atoms with Gasteiger partial charge in [0.15, 0.2) is 5.11 Å². The maximum Gasteiger partial charge on any atom is 0.251 e. The fourth-order valence-electron chi connectivity index (χ4n) is 3.27. The molecule has 3 aromatic rings. The van der Waals surface area contributed by atoms with E-state index in [1.807, 2.05) is 73.7 Å². The molecule has 0 unspecified atom stereocenters. The van der Waals surface area contributed by atoms with E-state index in [0.717, 1.165) is 33.6 Å². The number of hydrogen-bond acceptors (Lipinski definition) is 2. The summed E-state index contributed by atoms with van der Waals surface area (Å²) in [5, 5.41) is 9.82. The van der Waals surface area contributed by atoms with Crippen LogP contribution >= 0.6 is 12.2 Å². The van der Waals surface area contributed by atoms with Crippen molar-refractivity contribution in [2.24, 2.45) is 0 Å². The number of aryl methyl sites for hydroxylation is 1. The number of benzene rings is 3. The molecular formula is C22H19N3OS. The molecule has 134 valence electrons. The number of hydrogen-bond donors (Lipinski definition) is 3. The Bertz CT molecular complexity index is 1030. The lowest BCUT2D eigenvalue weighted by atomic mass is 9.97. The molecule has 0 aromatic heterocycles. The summed E-state index contributed by atoms with van der Waals surface area (Å²) in [5.74, 6) is -0.00212. The first kappa shape index (κ1) is 17.2. The molecule has 1 amide bonds. The maximum atomic E-state index is 11.9. The molecular weight excluding hydrogens is 354 g/mol. The number of thiocarbonyl (C=S) groups is 1. The highest BCUT2D eigenvalue weighted by molar-refractivity contribution is 7.80. The molecule has 3 aromatic carbocycles. The lowest BCUT2D eigenvalue weighted by Gasteiger charge is -2.12. The van der Waals surface area contributed by atoms with Gasteiger partial charge in [0, 0.05) is 23.5 Å². The second kappa shape index (κ2) is 7.21. The van der Waals surface area contributed by atoms with Crippen molar-refractivity contribution in [2.45, 2.75) is 13.5 Å². The van der Waals surface area contributed by atoms with Gasteiger partial charge in [-0.15, -0.1) is 0 Å². The molecule has 4 nitrogen and oxygen atoms in total. The lowest BCUT2D eigenvalue weighted by Crippen LogP contribution is -2.18. The highest BCUT2D eigenvalue weighted by atomic mass is 32.1. The van der Waals surface area contributed by atoms with Crippen LogP contribution in [0.2, 0.25) is 0 Å². The summed E-state index contributed by atoms with van der Waals surface area (Å²) in [6.45, 7) is 2.62. The molecule has 0 fully saturated rings. The van der Waals surface area contributed by atoms with Crippen LogP contribution in [0, 0.1) is 6.92 Å². The van der Waals surface area contributed by atoms with E-state index in [2.05, 4.69) is 16.0 Å². The van der Waals surface area contributed by atoms with Gasteiger partial charge in [0.1, 0.15) is 0 Å². The average Bonchev–Trinajstić information content (AvgIpc) is 3.04. The molecule has 0 spiro atoms. The molecule has 0 bridgehead atoms. The molecule has 0 radical (unpaired) electrons. The van der Waals surface area contributed by atoms with Crippen molar-refractivity contribution in [3.63, 3.8) is 0 Å². The number of nitrogens with one attached hydrogen (secondary N) is 3. The van der Waals surface area contributed by atoms with E-state index in [4.69, 9.17) is 12.2 Å². The van der Waals surface area contributed by atoms with Crippen LogP contribution in [0.4, 0.5) is 11.4 Å². The Morgan fingerprint density at radius 2 is 1.63 bits per heavy atom. The molecule has 0 saturated carbocycles. The van der Waals surface area contributed by atoms with Gasteiger partial charge in [0.25, 0.3) is 5.91 Å². The van der Waals surface area contributed by atoms with Crippen LogP contribution in [-0.2, 0) is 6.54 Å². The Labute approximate surface area is 163 Å². The van der Waals surface area contributed by atoms with Crippen LogP contribution < -0.4 is 16.0 Å². The monoisotopic (exact) mass is 373 g/mol. The molecule has 3 N–H and O–H groups in total. The summed E-state index contributed by atoms with van der Waals surface area (Å²) in [6.07, 6.45) is 0. The Morgan fingerprint density at radius 1 is 0.926 bits per heavy atom. The van der Waals surface area contributed by atoms with Crippen molar-refractivity contribution in [1.82, 2.24) is 5.32 Å². The first-order valence-corrected chi connectivity index (χ1v) is 9.16. The van der Waals surface area contributed by atoms with E-state index >= 15 is 0 Å². The third kappa shape index (κ3) is 3.68. The van der Waals surface area contributed by atoms with Crippen molar-refractivity contribution in [1.29, 1.82) is 0 Å². The van der Waals surface area contributed by atoms with Crippen LogP contribution in [-0.4, -0.2) is 11.0 Å². The van der Waals surface area contributed by atoms with E-state index in [9.17, 15) is 4.79 Å². The first-order chi connectivity index (χ1) is 13.1. The van der Waals surface area contributed by atoms with E-state index in [1.54, 1.807) is 0 Å². The second-order valence-corrected chi connectivity index (χ2v) is 6.95. The zero-order valence-electron chi connectivity index (χ0n) is 14.9. The van der Waals surface area contributed by atoms with Gasteiger partial charge in [-0.2, -0.15) is 0 Å². The van der Waals surface area contributed by atoms with Gasteiger partial charge in [-0.1, -0.05) is 36.4 Å². The molecule has 27 heavy (non-hydrogen) atoms. The number of amides is 1. The third-order valence-electron chi connectivity index (χ3n) is 4.58. The quantitative estimate of drug-likeness (QED) is 0.582. The predicted octanol–water partition coefficient (Wildman–Crippen LogP) is 4.71. The van der Waals surface area contributed by atoms with Crippen molar-refractivity contribution >= 4 is 34.6 Å². The van der Waals surface area contributed by atoms with Crippen LogP contribution in [0.3, 0.4) is 0 Å². The van der Waals surface area contributed by atoms with Gasteiger partial charge < -0.3 is 16.0 Å². The van der Waals surface area contributed by atoms with Gasteiger partial charge in [0.2, 0.25) is 0 Å². The largest absolute Gasteiger partial charge is 0.348 e. The van der Waals surface area contributed by atoms with E-state index in [1.165, 1.54) is 5.56 Å². The normalized spacial score (nSPS) is 12.3. The van der Waals surface area contributed by atoms with Crippen LogP contribution in [0.5, 0.6) is 0 Å². The number of carbonyl (C=O) groups is 1. The van der Waals surface area contributed by atoms with Crippen molar-refractivity contribution in [3.05, 3.63) is 83.4 Å². The molecule has 5 heteroatoms. The Morgan fingerprint density at radius 3 is 2.41 bits per heavy atom. The molecule has 1 aliphatic rings. The Hall–Kier alpha value is -3.18. The van der Waals surface area contributed by atoms with Crippen molar-refractivity contribution < 1.29 is 4.79 Å². The smallest absolute Gasteiger partial charge is 0.251 e. The predicted molar refractivity (Wildman–Crippen MR) is 114 cm³/mol. The number of carbonyl (C=O) groups excluding carboxylic acids is 1. The van der Waals surface area contributed by atoms with Gasteiger partial charge >= 0.3 is 0 Å². The van der Waals surface area contributed by atoms with E-state index in [-0.39, 0.29) is 5.91 Å². The molecule has 1 heterocycles. The number of fused-ring (bicyclic) bond motifs is 1. The minimum Gasteiger partial charge on any atom is -0.348 e. The van der Waals surface area contributed by atoms with E-state index in [0.29, 0.717) is 11.7 Å². The summed E-state index contributed by atoms with van der Waals surface area (Å²) in [6, 6.07) is 22.0. The topological polar surface area (TPSA) is 53.2 Å². The van der Waals surface area contributed by atoms with Crippen LogP contribution in [0.25, 0.3) is 11.1 Å². The summed E-state index contributed by atoms with van der Waals surface area (Å²) in [5.41, 5.74) is 7.02. The standard InChI is InChI=1S/C22H19N3OS/c1-14-4-2-5-17(12-14)25-22(27)24-16-10-8-15(9-11-16)18-6-3-7-19-20(18)13-23-21(19)26/h2-12H,13H2,1H3,(H,23,26)(H2,24,25,27). The maximum absolute atomic E-state index is 11.9. The van der Waals surface area contributed by atoms with E-state index < -0.39 is 0 Å². The summed E-state index contributed by atoms with van der Waals surface area (Å²) in [7, 11) is 0. The van der Waals surface area contributed by atoms with Gasteiger partial charge in [-0.3, -0.25) is 4.79 Å². The highest BCUT2D eigenvalue weighted by Gasteiger charge is 2.21. The Balaban J connectivity index is 1.48. The molecule has 0 saturated heterocycles. The fourth-order valence-corrected chi connectivity index (χ4v) is 3.51. The van der Waals surface area contributed by atoms with Gasteiger partial charge in [0.05, 0.1) is 0 Å². The molecule has 0 aliphatic carbocycles. The van der Waals surface area contributed by atoms with Crippen molar-refractivity contribution in [2.75, 3.05) is 10.6 Å². The zero-order valence-corrected chi connectivity index (χ0v) is 15.7. The SMILES string of the molecule is Cc1cccc(NC(=S)Nc2ccc(-c3cccc4c3CNC4=O)cc2)c1. The summed E-state index contributed by atoms with van der Waals surface area (Å²) >= 11 is 5.40. The lowest BCUT2D eigenvalue weighted by molar-refractivity contribution is 0.0966. The molecule has 4 rings (SSSR count). The van der Waals surface area contributed by atoms with Crippen molar-refractivity contribution in [3.8, 4) is 11.1 Å².